The van der Waals surface area contributed by atoms with Crippen molar-refractivity contribution in [2.24, 2.45) is 0 Å². The summed E-state index contributed by atoms with van der Waals surface area (Å²) >= 11 is 0. The maximum absolute atomic E-state index is 13.3. The minimum atomic E-state index is -5.12. The normalized spacial score (nSPS) is 19.2. The van der Waals surface area contributed by atoms with Gasteiger partial charge in [0.25, 0.3) is 0 Å². The molecule has 0 radical (unpaired) electrons. The highest BCUT2D eigenvalue weighted by Gasteiger charge is 2.56. The Hall–Kier alpha value is -2.19. The Bertz CT molecular complexity index is 792. The maximum atomic E-state index is 13.3. The summed E-state index contributed by atoms with van der Waals surface area (Å²) < 4.78 is 58.6. The molecule has 0 saturated carbocycles. The van der Waals surface area contributed by atoms with Crippen molar-refractivity contribution in [3.8, 4) is 17.0 Å². The van der Waals surface area contributed by atoms with Gasteiger partial charge in [0.1, 0.15) is 17.3 Å². The molecule has 1 unspecified atom stereocenters. The summed E-state index contributed by atoms with van der Waals surface area (Å²) in [6.07, 6.45) is -5.12. The van der Waals surface area contributed by atoms with Crippen LogP contribution in [-0.2, 0) is 5.60 Å². The van der Waals surface area contributed by atoms with Gasteiger partial charge >= 0.3 is 6.18 Å². The number of benzene rings is 1. The molecule has 0 bridgehead atoms. The number of fused-ring (bicyclic) bond motifs is 1. The summed E-state index contributed by atoms with van der Waals surface area (Å²) in [5.74, 6) is -0.426. The Kier molecular flexibility index (Phi) is 4.20. The number of nitrogens with zero attached hydrogens (tertiary/aromatic N) is 1. The van der Waals surface area contributed by atoms with E-state index in [1.807, 2.05) is 0 Å². The van der Waals surface area contributed by atoms with Gasteiger partial charge in [-0.3, -0.25) is 0 Å². The topological polar surface area (TPSA) is 62.6 Å². The Morgan fingerprint density at radius 3 is 2.44 bits per heavy atom. The molecule has 2 atom stereocenters. The highest BCUT2D eigenvalue weighted by Crippen LogP contribution is 2.45. The van der Waals surface area contributed by atoms with Crippen molar-refractivity contribution in [1.82, 2.24) is 4.98 Å². The number of ether oxygens (including phenoxy) is 1. The van der Waals surface area contributed by atoms with Crippen molar-refractivity contribution >= 4 is 0 Å². The van der Waals surface area contributed by atoms with Gasteiger partial charge in [0.15, 0.2) is 0 Å². The molecule has 2 N–H and O–H groups in total. The second-order valence-electron chi connectivity index (χ2n) is 6.01. The van der Waals surface area contributed by atoms with Crippen LogP contribution in [0.15, 0.2) is 30.3 Å². The van der Waals surface area contributed by atoms with Gasteiger partial charge in [-0.2, -0.15) is 13.2 Å². The lowest BCUT2D eigenvalue weighted by molar-refractivity contribution is -0.279. The fourth-order valence-corrected chi connectivity index (χ4v) is 2.70. The average Bonchev–Trinajstić information content (AvgIpc) is 2.94. The van der Waals surface area contributed by atoms with Gasteiger partial charge in [-0.15, -0.1) is 0 Å². The molecule has 1 aliphatic rings. The fraction of sp³-hybridized carbons (Fsp3) is 0.353. The molecule has 25 heavy (non-hydrogen) atoms. The van der Waals surface area contributed by atoms with E-state index in [2.05, 4.69) is 4.98 Å². The van der Waals surface area contributed by atoms with E-state index in [9.17, 15) is 27.8 Å². The third-order valence-corrected chi connectivity index (χ3v) is 4.25. The molecule has 1 aliphatic heterocycles. The number of alkyl halides is 3. The fourth-order valence-electron chi connectivity index (χ4n) is 2.70. The first kappa shape index (κ1) is 17.6. The number of rotatable bonds is 3. The molecule has 1 aromatic carbocycles. The van der Waals surface area contributed by atoms with Crippen LogP contribution in [0.4, 0.5) is 17.6 Å². The van der Waals surface area contributed by atoms with Gasteiger partial charge < -0.3 is 14.9 Å². The number of pyridine rings is 1. The highest BCUT2D eigenvalue weighted by molar-refractivity contribution is 5.70. The summed E-state index contributed by atoms with van der Waals surface area (Å²) in [6, 6.07) is 6.12. The van der Waals surface area contributed by atoms with Crippen LogP contribution in [0.3, 0.4) is 0 Å². The maximum Gasteiger partial charge on any atom is 0.425 e. The van der Waals surface area contributed by atoms with E-state index < -0.39 is 29.9 Å². The summed E-state index contributed by atoms with van der Waals surface area (Å²) in [7, 11) is 0. The molecule has 134 valence electrons. The standard InChI is InChI=1S/C17H15F4NO3/c1-9-7-25-15-12(9)6-13(16(24,8-23)17(19,20)21)22-14(15)10-2-4-11(18)5-3-10/h2-6,9,23-24H,7-8H2,1H3/t9?,16-/m0/s1. The van der Waals surface area contributed by atoms with E-state index in [0.29, 0.717) is 16.9 Å². The smallest absolute Gasteiger partial charge is 0.425 e. The van der Waals surface area contributed by atoms with Crippen molar-refractivity contribution < 1.29 is 32.5 Å². The summed E-state index contributed by atoms with van der Waals surface area (Å²) in [5.41, 5.74) is -3.37. The van der Waals surface area contributed by atoms with E-state index in [0.717, 1.165) is 18.2 Å². The van der Waals surface area contributed by atoms with Crippen molar-refractivity contribution in [2.45, 2.75) is 24.6 Å². The monoisotopic (exact) mass is 357 g/mol. The summed E-state index contributed by atoms with van der Waals surface area (Å²) in [4.78, 5) is 3.91. The molecule has 2 heterocycles. The second-order valence-corrected chi connectivity index (χ2v) is 6.01. The first-order chi connectivity index (χ1) is 11.7. The van der Waals surface area contributed by atoms with Gasteiger partial charge in [0, 0.05) is 17.0 Å². The van der Waals surface area contributed by atoms with Crippen LogP contribution in [0.5, 0.6) is 5.75 Å². The average molecular weight is 357 g/mol. The largest absolute Gasteiger partial charge is 0.490 e. The number of hydrogen-bond acceptors (Lipinski definition) is 4. The zero-order valence-electron chi connectivity index (χ0n) is 13.1. The minimum Gasteiger partial charge on any atom is -0.490 e. The van der Waals surface area contributed by atoms with Crippen molar-refractivity contribution in [3.63, 3.8) is 0 Å². The van der Waals surface area contributed by atoms with E-state index in [1.165, 1.54) is 12.1 Å². The number of hydrogen-bond donors (Lipinski definition) is 2. The Morgan fingerprint density at radius 2 is 1.88 bits per heavy atom. The van der Waals surface area contributed by atoms with Crippen LogP contribution in [-0.4, -0.2) is 34.6 Å². The lowest BCUT2D eigenvalue weighted by Crippen LogP contribution is -2.46. The Balaban J connectivity index is 2.24. The molecule has 0 aliphatic carbocycles. The van der Waals surface area contributed by atoms with E-state index >= 15 is 0 Å². The van der Waals surface area contributed by atoms with Gasteiger partial charge in [-0.1, -0.05) is 6.92 Å². The lowest BCUT2D eigenvalue weighted by Gasteiger charge is -2.28. The molecule has 4 nitrogen and oxygen atoms in total. The molecule has 0 fully saturated rings. The first-order valence-corrected chi connectivity index (χ1v) is 7.51. The Labute approximate surface area is 140 Å². The van der Waals surface area contributed by atoms with Crippen LogP contribution >= 0.6 is 0 Å². The van der Waals surface area contributed by atoms with Crippen molar-refractivity contribution in [3.05, 3.63) is 47.4 Å². The molecule has 1 aromatic heterocycles. The molecule has 2 aromatic rings. The molecule has 0 saturated heterocycles. The zero-order chi connectivity index (χ0) is 18.4. The second kappa shape index (κ2) is 5.96. The minimum absolute atomic E-state index is 0.0629. The molecule has 0 spiro atoms. The van der Waals surface area contributed by atoms with Crippen LogP contribution < -0.4 is 4.74 Å². The molecular weight excluding hydrogens is 342 g/mol. The summed E-state index contributed by atoms with van der Waals surface area (Å²) in [6.45, 7) is 0.439. The van der Waals surface area contributed by atoms with Crippen molar-refractivity contribution in [2.75, 3.05) is 13.2 Å². The van der Waals surface area contributed by atoms with Crippen molar-refractivity contribution in [1.29, 1.82) is 0 Å². The summed E-state index contributed by atoms with van der Waals surface area (Å²) in [5, 5.41) is 19.2. The highest BCUT2D eigenvalue weighted by atomic mass is 19.4. The van der Waals surface area contributed by atoms with Gasteiger partial charge in [-0.05, 0) is 30.3 Å². The third-order valence-electron chi connectivity index (χ3n) is 4.25. The molecule has 3 rings (SSSR count). The van der Waals surface area contributed by atoms with Crippen LogP contribution in [0.25, 0.3) is 11.3 Å². The SMILES string of the molecule is CC1COc2c1cc([C@@](O)(CO)C(F)(F)F)nc2-c1ccc(F)cc1. The predicted molar refractivity (Wildman–Crippen MR) is 80.6 cm³/mol. The van der Waals surface area contributed by atoms with Crippen LogP contribution in [0.1, 0.15) is 24.1 Å². The predicted octanol–water partition coefficient (Wildman–Crippen LogP) is 3.13. The lowest BCUT2D eigenvalue weighted by atomic mass is 9.93. The number of halogens is 4. The van der Waals surface area contributed by atoms with Crippen LogP contribution in [0, 0.1) is 5.82 Å². The van der Waals surface area contributed by atoms with Gasteiger partial charge in [0.05, 0.1) is 18.9 Å². The van der Waals surface area contributed by atoms with Gasteiger partial charge in [-0.25, -0.2) is 9.37 Å². The van der Waals surface area contributed by atoms with Crippen LogP contribution in [0.2, 0.25) is 0 Å². The number of aromatic nitrogens is 1. The van der Waals surface area contributed by atoms with E-state index in [1.54, 1.807) is 6.92 Å². The quantitative estimate of drug-likeness (QED) is 0.829. The third kappa shape index (κ3) is 2.85. The van der Waals surface area contributed by atoms with E-state index in [4.69, 9.17) is 4.74 Å². The molecular formula is C17H15F4NO3. The number of aliphatic hydroxyl groups excluding tert-OH is 1. The molecule has 8 heteroatoms. The zero-order valence-corrected chi connectivity index (χ0v) is 13.1. The Morgan fingerprint density at radius 1 is 1.24 bits per heavy atom. The first-order valence-electron chi connectivity index (χ1n) is 7.51. The van der Waals surface area contributed by atoms with E-state index in [-0.39, 0.29) is 18.2 Å². The number of aliphatic hydroxyl groups is 2. The molecule has 0 amide bonds. The van der Waals surface area contributed by atoms with Gasteiger partial charge in [0.2, 0.25) is 5.60 Å².